The van der Waals surface area contributed by atoms with Crippen molar-refractivity contribution in [3.63, 3.8) is 0 Å². The summed E-state index contributed by atoms with van der Waals surface area (Å²) in [6.07, 6.45) is 0. The van der Waals surface area contributed by atoms with E-state index in [1.807, 2.05) is 0 Å². The molecule has 4 heteroatoms. The number of hydrogen-bond donors (Lipinski definition) is 0. The smallest absolute Gasteiger partial charge is 0.146 e. The third kappa shape index (κ3) is 2.30. The third-order valence-electron chi connectivity index (χ3n) is 3.05. The summed E-state index contributed by atoms with van der Waals surface area (Å²) in [5, 5.41) is 0.586. The van der Waals surface area contributed by atoms with Crippen LogP contribution in [0.4, 0.5) is 10.1 Å². The number of piperazine rings is 1. The van der Waals surface area contributed by atoms with Gasteiger partial charge in [0.1, 0.15) is 5.82 Å². The number of halogens is 2. The molecule has 1 saturated heterocycles. The highest BCUT2D eigenvalue weighted by molar-refractivity contribution is 6.30. The summed E-state index contributed by atoms with van der Waals surface area (Å²) in [6, 6.07) is 5.04. The maximum Gasteiger partial charge on any atom is 0.146 e. The Morgan fingerprint density at radius 2 is 2.12 bits per heavy atom. The molecule has 0 amide bonds. The molecular weight excluding hydrogens is 227 g/mol. The second-order valence-corrected chi connectivity index (χ2v) is 4.84. The summed E-state index contributed by atoms with van der Waals surface area (Å²) in [5.74, 6) is -0.194. The number of benzene rings is 1. The minimum absolute atomic E-state index is 0.194. The molecule has 0 N–H and O–H groups in total. The molecule has 1 atom stereocenters. The minimum atomic E-state index is -0.194. The van der Waals surface area contributed by atoms with Crippen LogP contribution in [-0.2, 0) is 0 Å². The van der Waals surface area contributed by atoms with Crippen LogP contribution in [0.2, 0.25) is 5.02 Å². The Morgan fingerprint density at radius 3 is 2.81 bits per heavy atom. The Hall–Kier alpha value is -0.800. The predicted molar refractivity (Wildman–Crippen MR) is 65.7 cm³/mol. The highest BCUT2D eigenvalue weighted by Crippen LogP contribution is 2.26. The Balaban J connectivity index is 2.26. The van der Waals surface area contributed by atoms with Gasteiger partial charge in [-0.3, -0.25) is 0 Å². The number of nitrogens with zero attached hydrogens (tertiary/aromatic N) is 2. The summed E-state index contributed by atoms with van der Waals surface area (Å²) in [5.41, 5.74) is 0.619. The third-order valence-corrected chi connectivity index (χ3v) is 3.28. The van der Waals surface area contributed by atoms with Crippen molar-refractivity contribution < 1.29 is 4.39 Å². The monoisotopic (exact) mass is 242 g/mol. The first-order valence-electron chi connectivity index (χ1n) is 5.48. The van der Waals surface area contributed by atoms with Gasteiger partial charge in [0, 0.05) is 30.7 Å². The molecule has 0 saturated carbocycles. The van der Waals surface area contributed by atoms with Crippen molar-refractivity contribution in [2.24, 2.45) is 0 Å². The van der Waals surface area contributed by atoms with Crippen LogP contribution in [0, 0.1) is 5.82 Å². The van der Waals surface area contributed by atoms with Gasteiger partial charge < -0.3 is 9.80 Å². The van der Waals surface area contributed by atoms with Crippen LogP contribution in [0.15, 0.2) is 18.2 Å². The average molecular weight is 243 g/mol. The summed E-state index contributed by atoms with van der Waals surface area (Å²) >= 11 is 5.91. The van der Waals surface area contributed by atoms with E-state index in [0.29, 0.717) is 16.8 Å². The van der Waals surface area contributed by atoms with E-state index in [1.165, 1.54) is 6.07 Å². The molecule has 1 aliphatic heterocycles. The molecule has 0 aliphatic carbocycles. The van der Waals surface area contributed by atoms with Crippen LogP contribution in [0.25, 0.3) is 0 Å². The topological polar surface area (TPSA) is 6.48 Å². The zero-order valence-corrected chi connectivity index (χ0v) is 10.3. The summed E-state index contributed by atoms with van der Waals surface area (Å²) in [6.45, 7) is 4.85. The first kappa shape index (κ1) is 11.7. The molecule has 1 aliphatic rings. The van der Waals surface area contributed by atoms with Crippen LogP contribution in [0.5, 0.6) is 0 Å². The van der Waals surface area contributed by atoms with Gasteiger partial charge in [-0.15, -0.1) is 0 Å². The van der Waals surface area contributed by atoms with Crippen molar-refractivity contribution in [1.29, 1.82) is 0 Å². The van der Waals surface area contributed by atoms with Crippen molar-refractivity contribution in [1.82, 2.24) is 4.90 Å². The second kappa shape index (κ2) is 4.60. The van der Waals surface area contributed by atoms with Crippen LogP contribution in [0.3, 0.4) is 0 Å². The van der Waals surface area contributed by atoms with Gasteiger partial charge in [0.05, 0.1) is 5.69 Å². The number of hydrogen-bond acceptors (Lipinski definition) is 2. The van der Waals surface area contributed by atoms with Crippen molar-refractivity contribution in [2.75, 3.05) is 31.6 Å². The molecule has 1 aromatic rings. The predicted octanol–water partition coefficient (Wildman–Crippen LogP) is 2.62. The van der Waals surface area contributed by atoms with Crippen LogP contribution in [-0.4, -0.2) is 37.6 Å². The van der Waals surface area contributed by atoms with Gasteiger partial charge >= 0.3 is 0 Å². The van der Waals surface area contributed by atoms with Gasteiger partial charge in [-0.2, -0.15) is 0 Å². The molecule has 2 rings (SSSR count). The summed E-state index contributed by atoms with van der Waals surface area (Å²) < 4.78 is 13.7. The van der Waals surface area contributed by atoms with E-state index in [-0.39, 0.29) is 5.82 Å². The van der Waals surface area contributed by atoms with Crippen molar-refractivity contribution in [2.45, 2.75) is 13.0 Å². The van der Waals surface area contributed by atoms with E-state index in [2.05, 4.69) is 23.8 Å². The lowest BCUT2D eigenvalue weighted by atomic mass is 10.1. The summed E-state index contributed by atoms with van der Waals surface area (Å²) in [4.78, 5) is 4.34. The maximum atomic E-state index is 13.7. The molecule has 1 fully saturated rings. The van der Waals surface area contributed by atoms with E-state index < -0.39 is 0 Å². The number of rotatable bonds is 1. The van der Waals surface area contributed by atoms with E-state index >= 15 is 0 Å². The molecule has 2 nitrogen and oxygen atoms in total. The lowest BCUT2D eigenvalue weighted by Crippen LogP contribution is -2.50. The lowest BCUT2D eigenvalue weighted by molar-refractivity contribution is 0.274. The van der Waals surface area contributed by atoms with Gasteiger partial charge in [-0.1, -0.05) is 11.6 Å². The molecule has 0 bridgehead atoms. The zero-order valence-electron chi connectivity index (χ0n) is 9.58. The largest absolute Gasteiger partial charge is 0.364 e. The van der Waals surface area contributed by atoms with Gasteiger partial charge in [0.2, 0.25) is 0 Å². The van der Waals surface area contributed by atoms with Crippen molar-refractivity contribution >= 4 is 17.3 Å². The Kier molecular flexibility index (Phi) is 3.36. The van der Waals surface area contributed by atoms with E-state index in [1.54, 1.807) is 12.1 Å². The Bertz CT molecular complexity index is 383. The van der Waals surface area contributed by atoms with Gasteiger partial charge in [-0.05, 0) is 32.2 Å². The normalized spacial score (nSPS) is 22.5. The highest BCUT2D eigenvalue weighted by atomic mass is 35.5. The van der Waals surface area contributed by atoms with E-state index in [0.717, 1.165) is 19.6 Å². The second-order valence-electron chi connectivity index (χ2n) is 4.40. The molecule has 16 heavy (non-hydrogen) atoms. The molecule has 0 aromatic heterocycles. The average Bonchev–Trinajstić information content (AvgIpc) is 2.22. The maximum absolute atomic E-state index is 13.7. The SMILES string of the molecule is CC1CN(C)CCN1c1cc(Cl)ccc1F. The fourth-order valence-corrected chi connectivity index (χ4v) is 2.37. The lowest BCUT2D eigenvalue weighted by Gasteiger charge is -2.39. The molecule has 0 spiro atoms. The fraction of sp³-hybridized carbons (Fsp3) is 0.500. The van der Waals surface area contributed by atoms with Gasteiger partial charge in [0.15, 0.2) is 0 Å². The Morgan fingerprint density at radius 1 is 1.38 bits per heavy atom. The molecule has 1 aromatic carbocycles. The fourth-order valence-electron chi connectivity index (χ4n) is 2.20. The minimum Gasteiger partial charge on any atom is -0.364 e. The number of likely N-dealkylation sites (N-methyl/N-ethyl adjacent to an activating group) is 1. The van der Waals surface area contributed by atoms with Crippen molar-refractivity contribution in [3.05, 3.63) is 29.0 Å². The Labute approximate surface area is 101 Å². The first-order chi connectivity index (χ1) is 7.58. The zero-order chi connectivity index (χ0) is 11.7. The van der Waals surface area contributed by atoms with Crippen LogP contribution < -0.4 is 4.90 Å². The molecule has 1 heterocycles. The summed E-state index contributed by atoms with van der Waals surface area (Å²) in [7, 11) is 2.09. The van der Waals surface area contributed by atoms with E-state index in [9.17, 15) is 4.39 Å². The van der Waals surface area contributed by atoms with Crippen LogP contribution >= 0.6 is 11.6 Å². The number of anilines is 1. The molecule has 88 valence electrons. The molecule has 0 radical (unpaired) electrons. The molecular formula is C12H16ClFN2. The molecule has 1 unspecified atom stereocenters. The van der Waals surface area contributed by atoms with Gasteiger partial charge in [0.25, 0.3) is 0 Å². The first-order valence-corrected chi connectivity index (χ1v) is 5.86. The standard InChI is InChI=1S/C12H16ClFN2/c1-9-8-15(2)5-6-16(9)12-7-10(13)3-4-11(12)14/h3-4,7,9H,5-6,8H2,1-2H3. The highest BCUT2D eigenvalue weighted by Gasteiger charge is 2.23. The van der Waals surface area contributed by atoms with Crippen LogP contribution in [0.1, 0.15) is 6.92 Å². The van der Waals surface area contributed by atoms with Crippen molar-refractivity contribution in [3.8, 4) is 0 Å². The quantitative estimate of drug-likeness (QED) is 0.747. The van der Waals surface area contributed by atoms with E-state index in [4.69, 9.17) is 11.6 Å². The van der Waals surface area contributed by atoms with Gasteiger partial charge in [-0.25, -0.2) is 4.39 Å².